The molecule has 82 valence electrons. The number of aromatic nitrogens is 1. The number of benzene rings is 1. The van der Waals surface area contributed by atoms with Crippen molar-refractivity contribution in [3.05, 3.63) is 45.5 Å². The van der Waals surface area contributed by atoms with Crippen LogP contribution in [0.15, 0.2) is 23.1 Å². The summed E-state index contributed by atoms with van der Waals surface area (Å²) in [4.78, 5) is 25.0. The van der Waals surface area contributed by atoms with Gasteiger partial charge < -0.3 is 10.1 Å². The molecule has 1 aromatic carbocycles. The van der Waals surface area contributed by atoms with Crippen molar-refractivity contribution in [3.63, 3.8) is 0 Å². The second-order valence-corrected chi connectivity index (χ2v) is 3.45. The van der Waals surface area contributed by atoms with E-state index < -0.39 is 17.2 Å². The summed E-state index contributed by atoms with van der Waals surface area (Å²) in [7, 11) is 0. The summed E-state index contributed by atoms with van der Waals surface area (Å²) in [5.41, 5.74) is -0.477. The van der Waals surface area contributed by atoms with E-state index in [0.717, 1.165) is 6.20 Å². The van der Waals surface area contributed by atoms with Crippen molar-refractivity contribution in [2.45, 2.75) is 6.92 Å². The van der Waals surface area contributed by atoms with E-state index in [2.05, 4.69) is 4.98 Å². The van der Waals surface area contributed by atoms with Crippen molar-refractivity contribution < 1.29 is 14.3 Å². The van der Waals surface area contributed by atoms with E-state index in [9.17, 15) is 14.0 Å². The Morgan fingerprint density at radius 3 is 2.75 bits per heavy atom. The van der Waals surface area contributed by atoms with E-state index in [1.807, 2.05) is 0 Å². The number of carboxylic acid groups (broad SMARTS) is 1. The van der Waals surface area contributed by atoms with Gasteiger partial charge in [-0.3, -0.25) is 4.79 Å². The molecule has 0 aliphatic carbocycles. The summed E-state index contributed by atoms with van der Waals surface area (Å²) in [6.07, 6.45) is 1.01. The largest absolute Gasteiger partial charge is 0.477 e. The smallest absolute Gasteiger partial charge is 0.341 e. The van der Waals surface area contributed by atoms with E-state index in [4.69, 9.17) is 5.11 Å². The molecular formula is C11H8FNO3. The van der Waals surface area contributed by atoms with Crippen molar-refractivity contribution in [2.24, 2.45) is 0 Å². The van der Waals surface area contributed by atoms with Gasteiger partial charge >= 0.3 is 5.97 Å². The SMILES string of the molecule is Cc1ccc(F)c2[nH]cc(C(=O)O)c(=O)c12. The van der Waals surface area contributed by atoms with Crippen LogP contribution in [-0.2, 0) is 0 Å². The predicted molar refractivity (Wildman–Crippen MR) is 56.2 cm³/mol. The number of hydrogen-bond donors (Lipinski definition) is 2. The van der Waals surface area contributed by atoms with Gasteiger partial charge in [-0.15, -0.1) is 0 Å². The van der Waals surface area contributed by atoms with Crippen LogP contribution in [-0.4, -0.2) is 16.1 Å². The van der Waals surface area contributed by atoms with Crippen molar-refractivity contribution >= 4 is 16.9 Å². The van der Waals surface area contributed by atoms with Crippen LogP contribution < -0.4 is 5.43 Å². The number of aryl methyl sites for hydroxylation is 1. The van der Waals surface area contributed by atoms with Crippen molar-refractivity contribution in [1.29, 1.82) is 0 Å². The minimum atomic E-state index is -1.33. The molecule has 0 bridgehead atoms. The van der Waals surface area contributed by atoms with Crippen LogP contribution >= 0.6 is 0 Å². The Balaban J connectivity index is 3.00. The molecule has 0 atom stereocenters. The maximum Gasteiger partial charge on any atom is 0.341 e. The van der Waals surface area contributed by atoms with Crippen molar-refractivity contribution in [1.82, 2.24) is 4.98 Å². The van der Waals surface area contributed by atoms with Crippen LogP contribution in [0, 0.1) is 12.7 Å². The number of aromatic amines is 1. The molecule has 2 aromatic rings. The van der Waals surface area contributed by atoms with Crippen LogP contribution in [0.3, 0.4) is 0 Å². The molecule has 0 saturated heterocycles. The number of carboxylic acids is 1. The van der Waals surface area contributed by atoms with Crippen molar-refractivity contribution in [3.8, 4) is 0 Å². The summed E-state index contributed by atoms with van der Waals surface area (Å²) in [5.74, 6) is -1.90. The molecule has 0 aliphatic rings. The summed E-state index contributed by atoms with van der Waals surface area (Å²) >= 11 is 0. The topological polar surface area (TPSA) is 70.2 Å². The fraction of sp³-hybridized carbons (Fsp3) is 0.0909. The minimum absolute atomic E-state index is 0.0370. The number of halogens is 1. The van der Waals surface area contributed by atoms with Gasteiger partial charge in [-0.25, -0.2) is 9.18 Å². The van der Waals surface area contributed by atoms with Gasteiger partial charge in [0.05, 0.1) is 10.9 Å². The lowest BCUT2D eigenvalue weighted by Crippen LogP contribution is -2.16. The molecule has 0 saturated carbocycles. The highest BCUT2D eigenvalue weighted by atomic mass is 19.1. The molecule has 2 N–H and O–H groups in total. The second kappa shape index (κ2) is 3.44. The highest BCUT2D eigenvalue weighted by Gasteiger charge is 2.14. The minimum Gasteiger partial charge on any atom is -0.477 e. The van der Waals surface area contributed by atoms with Gasteiger partial charge in [0.2, 0.25) is 5.43 Å². The molecular weight excluding hydrogens is 213 g/mol. The first-order valence-corrected chi connectivity index (χ1v) is 4.56. The van der Waals surface area contributed by atoms with Gasteiger partial charge in [0.15, 0.2) is 0 Å². The Labute approximate surface area is 89.3 Å². The lowest BCUT2D eigenvalue weighted by molar-refractivity contribution is 0.0695. The molecule has 0 aliphatic heterocycles. The van der Waals surface area contributed by atoms with E-state index in [1.54, 1.807) is 6.92 Å². The van der Waals surface area contributed by atoms with E-state index in [1.165, 1.54) is 12.1 Å². The molecule has 4 nitrogen and oxygen atoms in total. The summed E-state index contributed by atoms with van der Waals surface area (Å²) < 4.78 is 13.4. The maximum atomic E-state index is 13.4. The lowest BCUT2D eigenvalue weighted by Gasteiger charge is -2.03. The van der Waals surface area contributed by atoms with E-state index in [-0.39, 0.29) is 16.5 Å². The molecule has 0 unspecified atom stereocenters. The van der Waals surface area contributed by atoms with E-state index >= 15 is 0 Å². The van der Waals surface area contributed by atoms with Crippen molar-refractivity contribution in [2.75, 3.05) is 0 Å². The molecule has 5 heteroatoms. The number of nitrogens with one attached hydrogen (secondary N) is 1. The quantitative estimate of drug-likeness (QED) is 0.769. The third-order valence-corrected chi connectivity index (χ3v) is 2.43. The van der Waals surface area contributed by atoms with Gasteiger partial charge in [0.25, 0.3) is 0 Å². The zero-order valence-electron chi connectivity index (χ0n) is 8.37. The zero-order valence-corrected chi connectivity index (χ0v) is 8.37. The first-order chi connectivity index (χ1) is 7.52. The molecule has 2 rings (SSSR count). The summed E-state index contributed by atoms with van der Waals surface area (Å²) in [6, 6.07) is 2.67. The van der Waals surface area contributed by atoms with Gasteiger partial charge in [-0.2, -0.15) is 0 Å². The van der Waals surface area contributed by atoms with Gasteiger partial charge in [-0.1, -0.05) is 6.07 Å². The van der Waals surface area contributed by atoms with Crippen LogP contribution in [0.5, 0.6) is 0 Å². The second-order valence-electron chi connectivity index (χ2n) is 3.45. The normalized spacial score (nSPS) is 10.6. The average Bonchev–Trinajstić information content (AvgIpc) is 2.23. The van der Waals surface area contributed by atoms with Crippen LogP contribution in [0.1, 0.15) is 15.9 Å². The van der Waals surface area contributed by atoms with Crippen LogP contribution in [0.4, 0.5) is 4.39 Å². The molecule has 0 amide bonds. The van der Waals surface area contributed by atoms with Crippen LogP contribution in [0.2, 0.25) is 0 Å². The molecule has 0 radical (unpaired) electrons. The third-order valence-electron chi connectivity index (χ3n) is 2.43. The highest BCUT2D eigenvalue weighted by Crippen LogP contribution is 2.16. The summed E-state index contributed by atoms with van der Waals surface area (Å²) in [6.45, 7) is 1.63. The lowest BCUT2D eigenvalue weighted by atomic mass is 10.1. The number of pyridine rings is 1. The molecule has 1 heterocycles. The Morgan fingerprint density at radius 1 is 1.44 bits per heavy atom. The number of aromatic carboxylic acids is 1. The Morgan fingerprint density at radius 2 is 2.12 bits per heavy atom. The number of hydrogen-bond acceptors (Lipinski definition) is 2. The van der Waals surface area contributed by atoms with E-state index in [0.29, 0.717) is 5.56 Å². The standard InChI is InChI=1S/C11H8FNO3/c1-5-2-3-7(12)9-8(5)10(14)6(4-13-9)11(15)16/h2-4H,1H3,(H,13,14)(H,15,16). The maximum absolute atomic E-state index is 13.4. The highest BCUT2D eigenvalue weighted by molar-refractivity contribution is 5.93. The Bertz CT molecular complexity index is 645. The number of rotatable bonds is 1. The first kappa shape index (κ1) is 10.4. The zero-order chi connectivity index (χ0) is 11.9. The number of carbonyl (C=O) groups is 1. The van der Waals surface area contributed by atoms with Gasteiger partial charge in [-0.05, 0) is 18.6 Å². The predicted octanol–water partition coefficient (Wildman–Crippen LogP) is 1.67. The number of fused-ring (bicyclic) bond motifs is 1. The van der Waals surface area contributed by atoms with Gasteiger partial charge in [0, 0.05) is 6.20 Å². The Kier molecular flexibility index (Phi) is 2.23. The first-order valence-electron chi connectivity index (χ1n) is 4.56. The third kappa shape index (κ3) is 1.37. The molecule has 16 heavy (non-hydrogen) atoms. The van der Waals surface area contributed by atoms with Gasteiger partial charge in [0.1, 0.15) is 11.4 Å². The Hall–Kier alpha value is -2.17. The average molecular weight is 221 g/mol. The monoisotopic (exact) mass is 221 g/mol. The molecule has 0 fully saturated rings. The fourth-order valence-corrected chi connectivity index (χ4v) is 1.62. The summed E-state index contributed by atoms with van der Waals surface area (Å²) in [5, 5.41) is 8.85. The fourth-order valence-electron chi connectivity index (χ4n) is 1.62. The molecule has 0 spiro atoms. The molecule has 1 aromatic heterocycles. The number of H-pyrrole nitrogens is 1. The van der Waals surface area contributed by atoms with Crippen LogP contribution in [0.25, 0.3) is 10.9 Å².